The quantitative estimate of drug-likeness (QED) is 0.808. The molecule has 1 aliphatic heterocycles. The molecule has 1 amide bonds. The second-order valence-corrected chi connectivity index (χ2v) is 7.97. The highest BCUT2D eigenvalue weighted by atomic mass is 35.5. The topological polar surface area (TPSA) is 86.7 Å². The van der Waals surface area contributed by atoms with Crippen molar-refractivity contribution in [3.63, 3.8) is 0 Å². The van der Waals surface area contributed by atoms with Crippen LogP contribution in [0.4, 0.5) is 11.4 Å². The Balaban J connectivity index is 2.07. The van der Waals surface area contributed by atoms with Crippen LogP contribution in [0.5, 0.6) is 0 Å². The number of nitrogens with zero attached hydrogens (tertiary/aromatic N) is 1. The molecule has 1 aliphatic rings. The number of hydrogen-bond donors (Lipinski definition) is 2. The predicted molar refractivity (Wildman–Crippen MR) is 98.4 cm³/mol. The van der Waals surface area contributed by atoms with Gasteiger partial charge in [0.05, 0.1) is 15.7 Å². The van der Waals surface area contributed by atoms with E-state index in [1.54, 1.807) is 12.1 Å². The summed E-state index contributed by atoms with van der Waals surface area (Å²) in [5.74, 6) is -1.58. The Morgan fingerprint density at radius 3 is 2.48 bits per heavy atom. The maximum absolute atomic E-state index is 12.6. The maximum atomic E-state index is 12.6. The molecule has 0 aromatic heterocycles. The van der Waals surface area contributed by atoms with E-state index in [0.717, 1.165) is 4.31 Å². The Hall–Kier alpha value is -2.22. The van der Waals surface area contributed by atoms with Crippen LogP contribution in [0, 0.1) is 0 Å². The van der Waals surface area contributed by atoms with E-state index in [1.807, 2.05) is 0 Å². The molecular weight excluding hydrogens is 387 g/mol. The molecule has 1 heterocycles. The molecule has 0 aliphatic carbocycles. The molecule has 0 radical (unpaired) electrons. The Morgan fingerprint density at radius 1 is 1.12 bits per heavy atom. The molecule has 0 bridgehead atoms. The average Bonchev–Trinajstić information content (AvgIpc) is 2.56. The number of para-hydroxylation sites is 1. The third kappa shape index (κ3) is 2.95. The van der Waals surface area contributed by atoms with Crippen molar-refractivity contribution in [3.8, 4) is 0 Å². The highest BCUT2D eigenvalue weighted by Gasteiger charge is 2.39. The second kappa shape index (κ2) is 6.25. The standard InChI is InChI=1S/C16H12Cl2N2O4S/c1-20-13-5-3-2-4-10(13)14(21)15(25(20,23)24)16(22)19-9-6-7-11(17)12(18)8-9/h2-8,21H,1H3,(H,19,22). The van der Waals surface area contributed by atoms with Gasteiger partial charge in [0.25, 0.3) is 15.9 Å². The van der Waals surface area contributed by atoms with Crippen LogP contribution < -0.4 is 9.62 Å². The molecule has 130 valence electrons. The Kier molecular flexibility index (Phi) is 4.40. The van der Waals surface area contributed by atoms with Gasteiger partial charge in [-0.25, -0.2) is 8.42 Å². The highest BCUT2D eigenvalue weighted by Crippen LogP contribution is 2.37. The number of carbonyl (C=O) groups excluding carboxylic acids is 1. The second-order valence-electron chi connectivity index (χ2n) is 5.25. The van der Waals surface area contributed by atoms with Crippen molar-refractivity contribution < 1.29 is 18.3 Å². The van der Waals surface area contributed by atoms with Gasteiger partial charge in [0.1, 0.15) is 0 Å². The molecular formula is C16H12Cl2N2O4S. The molecule has 6 nitrogen and oxygen atoms in total. The van der Waals surface area contributed by atoms with Crippen molar-refractivity contribution >= 4 is 56.3 Å². The molecule has 2 N–H and O–H groups in total. The van der Waals surface area contributed by atoms with E-state index >= 15 is 0 Å². The molecule has 0 saturated carbocycles. The number of nitrogens with one attached hydrogen (secondary N) is 1. The van der Waals surface area contributed by atoms with Gasteiger partial charge in [-0.05, 0) is 30.3 Å². The van der Waals surface area contributed by atoms with Crippen molar-refractivity contribution in [1.29, 1.82) is 0 Å². The van der Waals surface area contributed by atoms with Crippen molar-refractivity contribution in [3.05, 3.63) is 63.0 Å². The molecule has 0 fully saturated rings. The van der Waals surface area contributed by atoms with Gasteiger partial charge in [-0.2, -0.15) is 0 Å². The summed E-state index contributed by atoms with van der Waals surface area (Å²) in [5, 5.41) is 13.3. The van der Waals surface area contributed by atoms with Gasteiger partial charge < -0.3 is 10.4 Å². The summed E-state index contributed by atoms with van der Waals surface area (Å²) in [5.41, 5.74) is 0.779. The van der Waals surface area contributed by atoms with E-state index < -0.39 is 26.6 Å². The first-order valence-corrected chi connectivity index (χ1v) is 9.21. The average molecular weight is 399 g/mol. The number of carbonyl (C=O) groups is 1. The van der Waals surface area contributed by atoms with Crippen molar-refractivity contribution in [2.45, 2.75) is 0 Å². The lowest BCUT2D eigenvalue weighted by atomic mass is 10.1. The minimum Gasteiger partial charge on any atom is -0.506 e. The largest absolute Gasteiger partial charge is 0.506 e. The van der Waals surface area contributed by atoms with Gasteiger partial charge in [-0.15, -0.1) is 0 Å². The fraction of sp³-hybridized carbons (Fsp3) is 0.0625. The van der Waals surface area contributed by atoms with Crippen LogP contribution in [0.2, 0.25) is 10.0 Å². The summed E-state index contributed by atoms with van der Waals surface area (Å²) in [7, 11) is -2.90. The van der Waals surface area contributed by atoms with Crippen molar-refractivity contribution in [1.82, 2.24) is 0 Å². The molecule has 3 rings (SSSR count). The first kappa shape index (κ1) is 17.6. The number of benzene rings is 2. The number of hydrogen-bond acceptors (Lipinski definition) is 4. The summed E-state index contributed by atoms with van der Waals surface area (Å²) in [6, 6.07) is 10.7. The maximum Gasteiger partial charge on any atom is 0.273 e. The van der Waals surface area contributed by atoms with Gasteiger partial charge in [-0.1, -0.05) is 35.3 Å². The van der Waals surface area contributed by atoms with Crippen LogP contribution in [0.1, 0.15) is 5.56 Å². The van der Waals surface area contributed by atoms with Gasteiger partial charge in [-0.3, -0.25) is 9.10 Å². The first-order chi connectivity index (χ1) is 11.7. The number of rotatable bonds is 2. The lowest BCUT2D eigenvalue weighted by Gasteiger charge is -2.28. The molecule has 0 saturated heterocycles. The number of aliphatic hydroxyl groups excluding tert-OH is 1. The predicted octanol–water partition coefficient (Wildman–Crippen LogP) is 3.64. The van der Waals surface area contributed by atoms with Crippen LogP contribution in [-0.4, -0.2) is 26.5 Å². The first-order valence-electron chi connectivity index (χ1n) is 7.01. The van der Waals surface area contributed by atoms with Gasteiger partial charge in [0, 0.05) is 18.3 Å². The Morgan fingerprint density at radius 2 is 1.80 bits per heavy atom. The fourth-order valence-electron chi connectivity index (χ4n) is 2.45. The molecule has 2 aromatic rings. The van der Waals surface area contributed by atoms with Crippen LogP contribution >= 0.6 is 23.2 Å². The number of fused-ring (bicyclic) bond motifs is 1. The third-order valence-corrected chi connectivity index (χ3v) is 6.27. The van der Waals surface area contributed by atoms with E-state index in [2.05, 4.69) is 5.32 Å². The Bertz CT molecular complexity index is 1020. The van der Waals surface area contributed by atoms with E-state index in [-0.39, 0.29) is 22.0 Å². The number of amides is 1. The fourth-order valence-corrected chi connectivity index (χ4v) is 4.08. The summed E-state index contributed by atoms with van der Waals surface area (Å²) < 4.78 is 26.2. The highest BCUT2D eigenvalue weighted by molar-refractivity contribution is 7.97. The molecule has 2 aromatic carbocycles. The van der Waals surface area contributed by atoms with E-state index in [1.165, 1.54) is 37.4 Å². The van der Waals surface area contributed by atoms with E-state index in [0.29, 0.717) is 5.02 Å². The molecule has 0 unspecified atom stereocenters. The zero-order valence-electron chi connectivity index (χ0n) is 12.8. The minimum absolute atomic E-state index is 0.201. The van der Waals surface area contributed by atoms with Gasteiger partial charge in [0.2, 0.25) is 0 Å². The number of halogens is 2. The monoisotopic (exact) mass is 398 g/mol. The minimum atomic E-state index is -4.21. The third-order valence-electron chi connectivity index (χ3n) is 3.72. The van der Waals surface area contributed by atoms with Crippen LogP contribution in [0.3, 0.4) is 0 Å². The molecule has 0 spiro atoms. The zero-order valence-corrected chi connectivity index (χ0v) is 15.2. The number of aliphatic hydroxyl groups is 1. The molecule has 25 heavy (non-hydrogen) atoms. The van der Waals surface area contributed by atoms with E-state index in [4.69, 9.17) is 23.2 Å². The SMILES string of the molecule is CN1c2ccccc2C(O)=C(C(=O)Nc2ccc(Cl)c(Cl)c2)S1(=O)=O. The summed E-state index contributed by atoms with van der Waals surface area (Å²) in [6.45, 7) is 0. The van der Waals surface area contributed by atoms with Crippen LogP contribution in [0.15, 0.2) is 47.4 Å². The van der Waals surface area contributed by atoms with Crippen molar-refractivity contribution in [2.75, 3.05) is 16.7 Å². The van der Waals surface area contributed by atoms with Crippen molar-refractivity contribution in [2.24, 2.45) is 0 Å². The summed E-state index contributed by atoms with van der Waals surface area (Å²) in [4.78, 5) is 11.8. The summed E-state index contributed by atoms with van der Waals surface area (Å²) >= 11 is 11.7. The van der Waals surface area contributed by atoms with Gasteiger partial charge in [0.15, 0.2) is 10.7 Å². The lowest BCUT2D eigenvalue weighted by molar-refractivity contribution is -0.112. The number of sulfonamides is 1. The number of anilines is 2. The normalized spacial score (nSPS) is 15.7. The smallest absolute Gasteiger partial charge is 0.273 e. The van der Waals surface area contributed by atoms with Crippen LogP contribution in [-0.2, 0) is 14.8 Å². The van der Waals surface area contributed by atoms with Crippen LogP contribution in [0.25, 0.3) is 5.76 Å². The lowest BCUT2D eigenvalue weighted by Crippen LogP contribution is -2.37. The molecule has 0 atom stereocenters. The van der Waals surface area contributed by atoms with E-state index in [9.17, 15) is 18.3 Å². The summed E-state index contributed by atoms with van der Waals surface area (Å²) in [6.07, 6.45) is 0. The Labute approximate surface area is 154 Å². The molecule has 9 heteroatoms. The zero-order chi connectivity index (χ0) is 18.4. The van der Waals surface area contributed by atoms with Gasteiger partial charge >= 0.3 is 0 Å².